The van der Waals surface area contributed by atoms with Crippen LogP contribution in [0.4, 0.5) is 11.1 Å². The Morgan fingerprint density at radius 2 is 1.86 bits per heavy atom. The Morgan fingerprint density at radius 1 is 1.09 bits per heavy atom. The minimum absolute atomic E-state index is 0.0514. The number of carbonyl (C=O) groups excluding carboxylic acids is 2. The second-order valence-corrected chi connectivity index (χ2v) is 11.9. The predicted octanol–water partition coefficient (Wildman–Crippen LogP) is 2.57. The zero-order valence-electron chi connectivity index (χ0n) is 18.6. The standard InChI is InChI=1S/C22H21ClN6O4S2/c1-28-17-5-2-13(20(31)24-12-19(30)29-6-8-35(32,33)9-7-29)10-16(17)25-21(28)27-22-26-15-4-3-14(23)11-18(15)34-22/h2-5,10-11H,6-9,12H2,1H3,(H,24,31)(H,25,26,27). The normalized spacial score (nSPS) is 15.4. The first-order chi connectivity index (χ1) is 16.7. The number of nitrogens with zero attached hydrogens (tertiary/aromatic N) is 4. The van der Waals surface area contributed by atoms with Gasteiger partial charge in [-0.3, -0.25) is 9.59 Å². The lowest BCUT2D eigenvalue weighted by Gasteiger charge is -2.26. The molecule has 0 spiro atoms. The fraction of sp³-hybridized carbons (Fsp3) is 0.273. The first-order valence-electron chi connectivity index (χ1n) is 10.7. The lowest BCUT2D eigenvalue weighted by atomic mass is 10.2. The van der Waals surface area contributed by atoms with Crippen LogP contribution in [0.2, 0.25) is 5.02 Å². The number of hydrogen-bond donors (Lipinski definition) is 2. The molecular formula is C22H21ClN6O4S2. The number of aryl methyl sites for hydroxylation is 1. The molecule has 0 atom stereocenters. The highest BCUT2D eigenvalue weighted by Gasteiger charge is 2.25. The van der Waals surface area contributed by atoms with Gasteiger partial charge >= 0.3 is 0 Å². The zero-order chi connectivity index (χ0) is 24.7. The summed E-state index contributed by atoms with van der Waals surface area (Å²) in [6.07, 6.45) is 0. The van der Waals surface area contributed by atoms with E-state index in [0.29, 0.717) is 27.2 Å². The first kappa shape index (κ1) is 23.5. The van der Waals surface area contributed by atoms with Gasteiger partial charge < -0.3 is 20.1 Å². The average molecular weight is 533 g/mol. The van der Waals surface area contributed by atoms with Crippen molar-refractivity contribution >= 4 is 76.9 Å². The third-order valence-electron chi connectivity index (χ3n) is 5.81. The summed E-state index contributed by atoms with van der Waals surface area (Å²) in [7, 11) is -1.22. The third kappa shape index (κ3) is 4.95. The molecule has 1 fully saturated rings. The van der Waals surface area contributed by atoms with Crippen LogP contribution in [0.25, 0.3) is 21.3 Å². The van der Waals surface area contributed by atoms with Gasteiger partial charge in [0.2, 0.25) is 11.9 Å². The molecule has 0 aliphatic carbocycles. The largest absolute Gasteiger partial charge is 0.343 e. The van der Waals surface area contributed by atoms with E-state index >= 15 is 0 Å². The molecule has 182 valence electrons. The van der Waals surface area contributed by atoms with Crippen LogP contribution in [0.1, 0.15) is 10.4 Å². The van der Waals surface area contributed by atoms with Gasteiger partial charge in [0.1, 0.15) is 0 Å². The van der Waals surface area contributed by atoms with Crippen LogP contribution in [-0.2, 0) is 21.7 Å². The molecule has 1 aliphatic heterocycles. The summed E-state index contributed by atoms with van der Waals surface area (Å²) in [5, 5.41) is 7.15. The number of benzene rings is 2. The molecule has 0 bridgehead atoms. The number of imidazole rings is 1. The van der Waals surface area contributed by atoms with Gasteiger partial charge in [-0.15, -0.1) is 0 Å². The molecule has 5 rings (SSSR count). The van der Waals surface area contributed by atoms with Crippen LogP contribution in [0.15, 0.2) is 36.4 Å². The number of aromatic nitrogens is 3. The van der Waals surface area contributed by atoms with Gasteiger partial charge in [0.25, 0.3) is 5.91 Å². The summed E-state index contributed by atoms with van der Waals surface area (Å²) in [5.74, 6) is -0.254. The van der Waals surface area contributed by atoms with Crippen LogP contribution in [0.5, 0.6) is 0 Å². The maximum atomic E-state index is 12.6. The molecule has 2 amide bonds. The molecule has 0 radical (unpaired) electrons. The van der Waals surface area contributed by atoms with Gasteiger partial charge in [-0.2, -0.15) is 0 Å². The number of nitrogens with one attached hydrogen (secondary N) is 2. The van der Waals surface area contributed by atoms with E-state index in [2.05, 4.69) is 20.6 Å². The van der Waals surface area contributed by atoms with E-state index < -0.39 is 15.7 Å². The Labute approximate surface area is 209 Å². The Kier molecular flexibility index (Phi) is 6.11. The summed E-state index contributed by atoms with van der Waals surface area (Å²) in [5.41, 5.74) is 2.63. The molecule has 2 aromatic heterocycles. The van der Waals surface area contributed by atoms with Gasteiger partial charge in [-0.25, -0.2) is 18.4 Å². The van der Waals surface area contributed by atoms with Gasteiger partial charge in [-0.05, 0) is 36.4 Å². The van der Waals surface area contributed by atoms with Gasteiger partial charge in [0.15, 0.2) is 15.0 Å². The molecule has 1 saturated heterocycles. The van der Waals surface area contributed by atoms with Crippen LogP contribution >= 0.6 is 22.9 Å². The molecule has 13 heteroatoms. The number of rotatable bonds is 5. The second kappa shape index (κ2) is 9.10. The van der Waals surface area contributed by atoms with E-state index in [1.54, 1.807) is 24.3 Å². The Bertz CT molecular complexity index is 1570. The van der Waals surface area contributed by atoms with Gasteiger partial charge in [0.05, 0.1) is 39.3 Å². The molecule has 0 saturated carbocycles. The summed E-state index contributed by atoms with van der Waals surface area (Å²) >= 11 is 7.52. The molecule has 4 aromatic rings. The maximum Gasteiger partial charge on any atom is 0.251 e. The number of fused-ring (bicyclic) bond motifs is 2. The molecule has 0 unspecified atom stereocenters. The number of hydrogen-bond acceptors (Lipinski definition) is 8. The number of halogens is 1. The highest BCUT2D eigenvalue weighted by molar-refractivity contribution is 7.91. The van der Waals surface area contributed by atoms with E-state index in [-0.39, 0.29) is 37.0 Å². The van der Waals surface area contributed by atoms with Crippen molar-refractivity contribution in [2.75, 3.05) is 36.5 Å². The topological polar surface area (TPSA) is 126 Å². The summed E-state index contributed by atoms with van der Waals surface area (Å²) in [6.45, 7) is 0.0936. The highest BCUT2D eigenvalue weighted by Crippen LogP contribution is 2.31. The minimum Gasteiger partial charge on any atom is -0.343 e. The van der Waals surface area contributed by atoms with E-state index in [1.165, 1.54) is 16.2 Å². The van der Waals surface area contributed by atoms with Crippen molar-refractivity contribution < 1.29 is 18.0 Å². The molecule has 2 aromatic carbocycles. The van der Waals surface area contributed by atoms with Gasteiger partial charge in [-0.1, -0.05) is 22.9 Å². The van der Waals surface area contributed by atoms with Gasteiger partial charge in [0, 0.05) is 30.7 Å². The summed E-state index contributed by atoms with van der Waals surface area (Å²) in [4.78, 5) is 35.6. The van der Waals surface area contributed by atoms with Crippen molar-refractivity contribution in [3.63, 3.8) is 0 Å². The number of sulfone groups is 1. The number of thiazole rings is 1. The van der Waals surface area contributed by atoms with E-state index in [9.17, 15) is 18.0 Å². The summed E-state index contributed by atoms with van der Waals surface area (Å²) in [6, 6.07) is 10.6. The zero-order valence-corrected chi connectivity index (χ0v) is 21.0. The average Bonchev–Trinajstić information content (AvgIpc) is 3.36. The summed E-state index contributed by atoms with van der Waals surface area (Å²) < 4.78 is 25.9. The lowest BCUT2D eigenvalue weighted by Crippen LogP contribution is -2.47. The lowest BCUT2D eigenvalue weighted by molar-refractivity contribution is -0.129. The maximum absolute atomic E-state index is 12.6. The quantitative estimate of drug-likeness (QED) is 0.404. The Balaban J connectivity index is 1.27. The molecule has 3 heterocycles. The van der Waals surface area contributed by atoms with Crippen molar-refractivity contribution in [1.82, 2.24) is 24.8 Å². The van der Waals surface area contributed by atoms with Crippen LogP contribution in [0, 0.1) is 0 Å². The Morgan fingerprint density at radius 3 is 2.63 bits per heavy atom. The monoisotopic (exact) mass is 532 g/mol. The fourth-order valence-electron chi connectivity index (χ4n) is 3.83. The van der Waals surface area contributed by atoms with Crippen LogP contribution in [0.3, 0.4) is 0 Å². The van der Waals surface area contributed by atoms with Crippen molar-refractivity contribution in [2.45, 2.75) is 0 Å². The van der Waals surface area contributed by atoms with E-state index in [1.807, 2.05) is 23.7 Å². The SMILES string of the molecule is Cn1c(Nc2nc3ccc(Cl)cc3s2)nc2cc(C(=O)NCC(=O)N3CCS(=O)(=O)CC3)ccc21. The number of anilines is 2. The number of amides is 2. The van der Waals surface area contributed by atoms with Crippen molar-refractivity contribution in [3.8, 4) is 0 Å². The highest BCUT2D eigenvalue weighted by atomic mass is 35.5. The first-order valence-corrected chi connectivity index (χ1v) is 13.8. The predicted molar refractivity (Wildman–Crippen MR) is 136 cm³/mol. The van der Waals surface area contributed by atoms with E-state index in [4.69, 9.17) is 11.6 Å². The molecule has 2 N–H and O–H groups in total. The van der Waals surface area contributed by atoms with Crippen molar-refractivity contribution in [2.24, 2.45) is 7.05 Å². The second-order valence-electron chi connectivity index (χ2n) is 8.17. The molecule has 1 aliphatic rings. The van der Waals surface area contributed by atoms with Crippen LogP contribution in [-0.4, -0.2) is 70.8 Å². The van der Waals surface area contributed by atoms with Crippen LogP contribution < -0.4 is 10.6 Å². The molecule has 10 nitrogen and oxygen atoms in total. The number of carbonyl (C=O) groups is 2. The fourth-order valence-corrected chi connectivity index (χ4v) is 6.17. The Hall–Kier alpha value is -3.22. The molecular weight excluding hydrogens is 512 g/mol. The molecule has 35 heavy (non-hydrogen) atoms. The smallest absolute Gasteiger partial charge is 0.251 e. The van der Waals surface area contributed by atoms with Crippen molar-refractivity contribution in [1.29, 1.82) is 0 Å². The minimum atomic E-state index is -3.08. The third-order valence-corrected chi connectivity index (χ3v) is 8.59. The van der Waals surface area contributed by atoms with E-state index in [0.717, 1.165) is 15.7 Å². The van der Waals surface area contributed by atoms with Crippen molar-refractivity contribution in [3.05, 3.63) is 47.0 Å².